The molecular weight excluding hydrogens is 306 g/mol. The standard InChI is InChI=1S/C18H21N3O3/c1-12-16(15(22)11-21-9-7-20(2)8-10-21)17(18(23)24)13-5-3-4-6-14(13)19-12/h3-6H,7-11H2,1-2H3,(H,23,24). The summed E-state index contributed by atoms with van der Waals surface area (Å²) in [7, 11) is 2.05. The van der Waals surface area contributed by atoms with Gasteiger partial charge in [-0.2, -0.15) is 0 Å². The third-order valence-electron chi connectivity index (χ3n) is 4.53. The molecule has 126 valence electrons. The monoisotopic (exact) mass is 327 g/mol. The molecule has 0 radical (unpaired) electrons. The highest BCUT2D eigenvalue weighted by Gasteiger charge is 2.25. The molecule has 0 saturated carbocycles. The van der Waals surface area contributed by atoms with Crippen LogP contribution in [0.4, 0.5) is 0 Å². The average Bonchev–Trinajstić information content (AvgIpc) is 2.55. The fourth-order valence-corrected chi connectivity index (χ4v) is 3.19. The van der Waals surface area contributed by atoms with E-state index in [1.807, 2.05) is 6.07 Å². The SMILES string of the molecule is Cc1nc2ccccc2c(C(=O)O)c1C(=O)CN1CCN(C)CC1. The molecule has 2 aromatic rings. The predicted octanol–water partition coefficient (Wildman–Crippen LogP) is 1.67. The van der Waals surface area contributed by atoms with E-state index in [1.165, 1.54) is 0 Å². The van der Waals surface area contributed by atoms with Gasteiger partial charge in [0.05, 0.1) is 23.2 Å². The van der Waals surface area contributed by atoms with Crippen molar-refractivity contribution in [2.75, 3.05) is 39.8 Å². The minimum absolute atomic E-state index is 0.0669. The number of rotatable bonds is 4. The van der Waals surface area contributed by atoms with Gasteiger partial charge in [0, 0.05) is 37.3 Å². The topological polar surface area (TPSA) is 73.7 Å². The molecule has 6 nitrogen and oxygen atoms in total. The average molecular weight is 327 g/mol. The highest BCUT2D eigenvalue weighted by Crippen LogP contribution is 2.24. The Kier molecular flexibility index (Phi) is 4.59. The molecule has 0 bridgehead atoms. The second-order valence-electron chi connectivity index (χ2n) is 6.27. The van der Waals surface area contributed by atoms with Gasteiger partial charge >= 0.3 is 5.97 Å². The number of para-hydroxylation sites is 1. The Hall–Kier alpha value is -2.31. The number of hydrogen-bond donors (Lipinski definition) is 1. The molecule has 24 heavy (non-hydrogen) atoms. The number of carboxylic acids is 1. The predicted molar refractivity (Wildman–Crippen MR) is 91.7 cm³/mol. The van der Waals surface area contributed by atoms with E-state index >= 15 is 0 Å². The van der Waals surface area contributed by atoms with E-state index in [1.54, 1.807) is 25.1 Å². The lowest BCUT2D eigenvalue weighted by atomic mass is 9.97. The van der Waals surface area contributed by atoms with Crippen molar-refractivity contribution in [3.63, 3.8) is 0 Å². The molecule has 0 atom stereocenters. The summed E-state index contributed by atoms with van der Waals surface area (Å²) < 4.78 is 0. The molecule has 1 N–H and O–H groups in total. The van der Waals surface area contributed by atoms with E-state index in [0.717, 1.165) is 26.2 Å². The minimum Gasteiger partial charge on any atom is -0.478 e. The van der Waals surface area contributed by atoms with Gasteiger partial charge in [-0.25, -0.2) is 4.79 Å². The zero-order valence-corrected chi connectivity index (χ0v) is 14.0. The number of piperazine rings is 1. The van der Waals surface area contributed by atoms with Crippen LogP contribution in [0, 0.1) is 6.92 Å². The van der Waals surface area contributed by atoms with Crippen LogP contribution >= 0.6 is 0 Å². The molecular formula is C18H21N3O3. The van der Waals surface area contributed by atoms with Crippen molar-refractivity contribution in [2.45, 2.75) is 6.92 Å². The molecule has 0 aliphatic carbocycles. The zero-order valence-electron chi connectivity index (χ0n) is 14.0. The maximum absolute atomic E-state index is 12.8. The molecule has 1 aliphatic rings. The maximum atomic E-state index is 12.8. The first-order valence-corrected chi connectivity index (χ1v) is 8.04. The van der Waals surface area contributed by atoms with Gasteiger partial charge < -0.3 is 10.0 Å². The lowest BCUT2D eigenvalue weighted by molar-refractivity contribution is 0.0691. The Balaban J connectivity index is 1.98. The van der Waals surface area contributed by atoms with E-state index < -0.39 is 5.97 Å². The van der Waals surface area contributed by atoms with Crippen molar-refractivity contribution in [3.05, 3.63) is 41.1 Å². The molecule has 1 aliphatic heterocycles. The molecule has 1 saturated heterocycles. The number of nitrogens with zero attached hydrogens (tertiary/aromatic N) is 3. The molecule has 6 heteroatoms. The minimum atomic E-state index is -1.08. The largest absolute Gasteiger partial charge is 0.478 e. The van der Waals surface area contributed by atoms with Crippen molar-refractivity contribution in [2.24, 2.45) is 0 Å². The quantitative estimate of drug-likeness (QED) is 0.861. The fraction of sp³-hybridized carbons (Fsp3) is 0.389. The highest BCUT2D eigenvalue weighted by atomic mass is 16.4. The van der Waals surface area contributed by atoms with Crippen LogP contribution < -0.4 is 0 Å². The van der Waals surface area contributed by atoms with Gasteiger partial charge in [0.25, 0.3) is 0 Å². The molecule has 3 rings (SSSR count). The molecule has 0 amide bonds. The molecule has 0 unspecified atom stereocenters. The Morgan fingerprint density at radius 3 is 2.46 bits per heavy atom. The second kappa shape index (κ2) is 6.67. The van der Waals surface area contributed by atoms with Crippen molar-refractivity contribution in [1.29, 1.82) is 0 Å². The fourth-order valence-electron chi connectivity index (χ4n) is 3.19. The van der Waals surface area contributed by atoms with Gasteiger partial charge in [0.1, 0.15) is 0 Å². The first-order valence-electron chi connectivity index (χ1n) is 8.04. The van der Waals surface area contributed by atoms with Crippen LogP contribution in [0.2, 0.25) is 0 Å². The molecule has 1 aromatic carbocycles. The summed E-state index contributed by atoms with van der Waals surface area (Å²) >= 11 is 0. The summed E-state index contributed by atoms with van der Waals surface area (Å²) in [6, 6.07) is 7.05. The summed E-state index contributed by atoms with van der Waals surface area (Å²) in [5, 5.41) is 10.2. The van der Waals surface area contributed by atoms with Gasteiger partial charge in [-0.05, 0) is 20.0 Å². The first-order chi connectivity index (χ1) is 11.5. The van der Waals surface area contributed by atoms with Gasteiger partial charge in [0.2, 0.25) is 0 Å². The number of pyridine rings is 1. The van der Waals surface area contributed by atoms with Gasteiger partial charge in [-0.15, -0.1) is 0 Å². The number of aromatic carboxylic acids is 1. The van der Waals surface area contributed by atoms with E-state index in [4.69, 9.17) is 0 Å². The third-order valence-corrected chi connectivity index (χ3v) is 4.53. The first kappa shape index (κ1) is 16.5. The zero-order chi connectivity index (χ0) is 17.3. The van der Waals surface area contributed by atoms with Crippen molar-refractivity contribution < 1.29 is 14.7 Å². The maximum Gasteiger partial charge on any atom is 0.337 e. The number of carbonyl (C=O) groups is 2. The number of aromatic nitrogens is 1. The van der Waals surface area contributed by atoms with E-state index in [2.05, 4.69) is 21.8 Å². The number of hydrogen-bond acceptors (Lipinski definition) is 5. The second-order valence-corrected chi connectivity index (χ2v) is 6.27. The molecule has 1 aromatic heterocycles. The van der Waals surface area contributed by atoms with Crippen LogP contribution in [0.5, 0.6) is 0 Å². The number of benzene rings is 1. The van der Waals surface area contributed by atoms with E-state index in [-0.39, 0.29) is 23.5 Å². The van der Waals surface area contributed by atoms with Crippen LogP contribution in [0.3, 0.4) is 0 Å². The van der Waals surface area contributed by atoms with Crippen LogP contribution in [0.1, 0.15) is 26.4 Å². The lowest BCUT2D eigenvalue weighted by Gasteiger charge is -2.31. The molecule has 1 fully saturated rings. The Bertz CT molecular complexity index is 795. The summed E-state index contributed by atoms with van der Waals surface area (Å²) in [6.45, 7) is 5.38. The number of carbonyl (C=O) groups excluding carboxylic acids is 1. The molecule has 0 spiro atoms. The van der Waals surface area contributed by atoms with Crippen LogP contribution in [0.15, 0.2) is 24.3 Å². The van der Waals surface area contributed by atoms with Crippen LogP contribution in [-0.2, 0) is 0 Å². The van der Waals surface area contributed by atoms with Gasteiger partial charge in [-0.3, -0.25) is 14.7 Å². The Morgan fingerprint density at radius 1 is 1.12 bits per heavy atom. The highest BCUT2D eigenvalue weighted by molar-refractivity contribution is 6.14. The number of likely N-dealkylation sites (N-methyl/N-ethyl adjacent to an activating group) is 1. The van der Waals surface area contributed by atoms with E-state index in [9.17, 15) is 14.7 Å². The summed E-state index contributed by atoms with van der Waals surface area (Å²) in [4.78, 5) is 33.4. The number of fused-ring (bicyclic) bond motifs is 1. The summed E-state index contributed by atoms with van der Waals surface area (Å²) in [5.74, 6) is -1.26. The number of carboxylic acid groups (broad SMARTS) is 1. The number of ketones is 1. The summed E-state index contributed by atoms with van der Waals surface area (Å²) in [5.41, 5.74) is 1.38. The van der Waals surface area contributed by atoms with E-state index in [0.29, 0.717) is 16.6 Å². The van der Waals surface area contributed by atoms with Crippen molar-refractivity contribution in [1.82, 2.24) is 14.8 Å². The Labute approximate surface area is 140 Å². The van der Waals surface area contributed by atoms with Gasteiger partial charge in [0.15, 0.2) is 5.78 Å². The normalized spacial score (nSPS) is 16.4. The summed E-state index contributed by atoms with van der Waals surface area (Å²) in [6.07, 6.45) is 0. The third kappa shape index (κ3) is 3.16. The van der Waals surface area contributed by atoms with Crippen LogP contribution in [0.25, 0.3) is 10.9 Å². The lowest BCUT2D eigenvalue weighted by Crippen LogP contribution is -2.46. The number of Topliss-reactive ketones (excluding diaryl/α,β-unsaturated/α-hetero) is 1. The smallest absolute Gasteiger partial charge is 0.337 e. The van der Waals surface area contributed by atoms with Gasteiger partial charge in [-0.1, -0.05) is 18.2 Å². The Morgan fingerprint density at radius 2 is 1.79 bits per heavy atom. The molecule has 2 heterocycles. The number of aryl methyl sites for hydroxylation is 1. The van der Waals surface area contributed by atoms with Crippen molar-refractivity contribution >= 4 is 22.7 Å². The van der Waals surface area contributed by atoms with Crippen molar-refractivity contribution in [3.8, 4) is 0 Å². The van der Waals surface area contributed by atoms with Crippen LogP contribution in [-0.4, -0.2) is 71.4 Å².